The van der Waals surface area contributed by atoms with Crippen LogP contribution in [0.2, 0.25) is 0 Å². The first-order chi connectivity index (χ1) is 8.49. The van der Waals surface area contributed by atoms with Gasteiger partial charge in [-0.05, 0) is 25.1 Å². The van der Waals surface area contributed by atoms with Crippen LogP contribution in [0.15, 0.2) is 18.2 Å². The largest absolute Gasteiger partial charge is 0.502 e. The number of nitrogens with one attached hydrogen (secondary N) is 1. The molecule has 0 fully saturated rings. The Balaban J connectivity index is 2.94. The highest BCUT2D eigenvalue weighted by atomic mass is 16.6. The van der Waals surface area contributed by atoms with E-state index in [1.807, 2.05) is 0 Å². The van der Waals surface area contributed by atoms with Gasteiger partial charge in [-0.1, -0.05) is 6.07 Å². The summed E-state index contributed by atoms with van der Waals surface area (Å²) in [6, 6.07) is 3.41. The van der Waals surface area contributed by atoms with Crippen LogP contribution in [0.3, 0.4) is 0 Å². The summed E-state index contributed by atoms with van der Waals surface area (Å²) in [7, 11) is 2.86. The fraction of sp³-hybridized carbons (Fsp3) is 0.364. The number of likely N-dealkylation sites (N-methyl/N-ethyl adjacent to an activating group) is 1. The van der Waals surface area contributed by atoms with Gasteiger partial charge in [0.1, 0.15) is 6.04 Å². The zero-order valence-corrected chi connectivity index (χ0v) is 10.0. The van der Waals surface area contributed by atoms with Crippen LogP contribution >= 0.6 is 0 Å². The van der Waals surface area contributed by atoms with Crippen molar-refractivity contribution in [3.63, 3.8) is 0 Å². The van der Waals surface area contributed by atoms with Crippen molar-refractivity contribution < 1.29 is 19.6 Å². The van der Waals surface area contributed by atoms with Gasteiger partial charge in [-0.2, -0.15) is 0 Å². The molecule has 98 valence electrons. The number of methoxy groups -OCH3 is 1. The highest BCUT2D eigenvalue weighted by molar-refractivity contribution is 5.76. The van der Waals surface area contributed by atoms with Crippen molar-refractivity contribution >= 4 is 11.7 Å². The second-order valence-corrected chi connectivity index (χ2v) is 3.65. The molecule has 0 saturated carbocycles. The third kappa shape index (κ3) is 3.17. The van der Waals surface area contributed by atoms with Gasteiger partial charge in [0.2, 0.25) is 0 Å². The maximum atomic E-state index is 11.4. The fourth-order valence-corrected chi connectivity index (χ4v) is 1.52. The highest BCUT2D eigenvalue weighted by Crippen LogP contribution is 2.26. The Hall–Kier alpha value is -2.15. The molecule has 0 aromatic heterocycles. The Labute approximate surface area is 104 Å². The maximum absolute atomic E-state index is 11.4. The number of carbonyl (C=O) groups excluding carboxylic acids is 1. The molecular formula is C11H14N2O5. The van der Waals surface area contributed by atoms with Gasteiger partial charge in [0.25, 0.3) is 0 Å². The monoisotopic (exact) mass is 254 g/mol. The number of nitro benzene ring substituents is 1. The molecule has 7 nitrogen and oxygen atoms in total. The molecule has 1 unspecified atom stereocenters. The smallest absolute Gasteiger partial charge is 0.323 e. The Morgan fingerprint density at radius 1 is 1.61 bits per heavy atom. The van der Waals surface area contributed by atoms with Gasteiger partial charge in [-0.3, -0.25) is 14.9 Å². The first-order valence-corrected chi connectivity index (χ1v) is 5.21. The Kier molecular flexibility index (Phi) is 4.61. The van der Waals surface area contributed by atoms with E-state index in [1.165, 1.54) is 25.3 Å². The number of hydrogen-bond donors (Lipinski definition) is 2. The van der Waals surface area contributed by atoms with Crippen molar-refractivity contribution in [2.75, 3.05) is 14.2 Å². The molecule has 0 amide bonds. The second-order valence-electron chi connectivity index (χ2n) is 3.65. The summed E-state index contributed by atoms with van der Waals surface area (Å²) < 4.78 is 4.59. The van der Waals surface area contributed by atoms with Gasteiger partial charge < -0.3 is 15.2 Å². The number of phenols is 1. The van der Waals surface area contributed by atoms with Crippen molar-refractivity contribution in [2.24, 2.45) is 0 Å². The molecule has 18 heavy (non-hydrogen) atoms. The van der Waals surface area contributed by atoms with Gasteiger partial charge in [-0.15, -0.1) is 0 Å². The van der Waals surface area contributed by atoms with Crippen LogP contribution < -0.4 is 5.32 Å². The molecule has 0 bridgehead atoms. The molecule has 0 radical (unpaired) electrons. The summed E-state index contributed by atoms with van der Waals surface area (Å²) >= 11 is 0. The van der Waals surface area contributed by atoms with E-state index in [9.17, 15) is 20.0 Å². The van der Waals surface area contributed by atoms with Crippen LogP contribution in [-0.2, 0) is 16.0 Å². The highest BCUT2D eigenvalue weighted by Gasteiger charge is 2.20. The topological polar surface area (TPSA) is 102 Å². The number of carbonyl (C=O) groups is 1. The van der Waals surface area contributed by atoms with Gasteiger partial charge in [-0.25, -0.2) is 0 Å². The van der Waals surface area contributed by atoms with Crippen LogP contribution in [0.25, 0.3) is 0 Å². The van der Waals surface area contributed by atoms with E-state index < -0.39 is 22.7 Å². The number of ether oxygens (including phenoxy) is 1. The van der Waals surface area contributed by atoms with Crippen LogP contribution in [0.1, 0.15) is 5.56 Å². The quantitative estimate of drug-likeness (QED) is 0.453. The second kappa shape index (κ2) is 5.97. The van der Waals surface area contributed by atoms with E-state index >= 15 is 0 Å². The third-order valence-electron chi connectivity index (χ3n) is 2.51. The third-order valence-corrected chi connectivity index (χ3v) is 2.51. The molecule has 1 aromatic rings. The van der Waals surface area contributed by atoms with Crippen molar-refractivity contribution in [3.8, 4) is 5.75 Å². The van der Waals surface area contributed by atoms with Gasteiger partial charge in [0.15, 0.2) is 5.75 Å². The van der Waals surface area contributed by atoms with Crippen LogP contribution in [0, 0.1) is 10.1 Å². The average molecular weight is 254 g/mol. The molecule has 1 atom stereocenters. The molecule has 7 heteroatoms. The number of benzene rings is 1. The summed E-state index contributed by atoms with van der Waals surface area (Å²) in [5.41, 5.74) is 0.177. The lowest BCUT2D eigenvalue weighted by Gasteiger charge is -2.13. The van der Waals surface area contributed by atoms with E-state index in [2.05, 4.69) is 10.1 Å². The van der Waals surface area contributed by atoms with Crippen molar-refractivity contribution in [1.82, 2.24) is 5.32 Å². The molecule has 0 aliphatic carbocycles. The minimum absolute atomic E-state index is 0.240. The summed E-state index contributed by atoms with van der Waals surface area (Å²) in [6.07, 6.45) is 0.240. The molecule has 0 heterocycles. The minimum Gasteiger partial charge on any atom is -0.502 e. The van der Waals surface area contributed by atoms with Gasteiger partial charge >= 0.3 is 11.7 Å². The maximum Gasteiger partial charge on any atom is 0.323 e. The Bertz CT molecular complexity index is 461. The van der Waals surface area contributed by atoms with Gasteiger partial charge in [0, 0.05) is 6.07 Å². The number of hydrogen-bond acceptors (Lipinski definition) is 6. The number of rotatable bonds is 5. The first-order valence-electron chi connectivity index (χ1n) is 5.21. The summed E-state index contributed by atoms with van der Waals surface area (Å²) in [5.74, 6) is -0.851. The van der Waals surface area contributed by atoms with E-state index in [-0.39, 0.29) is 12.1 Å². The van der Waals surface area contributed by atoms with Crippen LogP contribution in [0.4, 0.5) is 5.69 Å². The molecule has 0 saturated heterocycles. The van der Waals surface area contributed by atoms with Crippen LogP contribution in [0.5, 0.6) is 5.75 Å². The Morgan fingerprint density at radius 3 is 2.78 bits per heavy atom. The van der Waals surface area contributed by atoms with E-state index in [0.29, 0.717) is 5.56 Å². The SMILES string of the molecule is CNC(Cc1ccc(O)c([N+](=O)[O-])c1)C(=O)OC. The van der Waals surface area contributed by atoms with Crippen LogP contribution in [-0.4, -0.2) is 36.2 Å². The zero-order valence-electron chi connectivity index (χ0n) is 10.0. The number of aromatic hydroxyl groups is 1. The molecule has 0 spiro atoms. The number of nitro groups is 1. The molecule has 2 N–H and O–H groups in total. The average Bonchev–Trinajstić information content (AvgIpc) is 2.36. The minimum atomic E-state index is -0.675. The summed E-state index contributed by atoms with van der Waals surface area (Å²) in [4.78, 5) is 21.3. The van der Waals surface area contributed by atoms with Crippen molar-refractivity contribution in [3.05, 3.63) is 33.9 Å². The van der Waals surface area contributed by atoms with E-state index in [1.54, 1.807) is 7.05 Å². The standard InChI is InChI=1S/C11H14N2O5/c1-12-8(11(15)18-2)5-7-3-4-10(14)9(6-7)13(16)17/h3-4,6,8,12,14H,5H2,1-2H3. The number of phenolic OH excluding ortho intramolecular Hbond substituents is 1. The zero-order chi connectivity index (χ0) is 13.7. The summed E-state index contributed by atoms with van der Waals surface area (Å²) in [6.45, 7) is 0. The lowest BCUT2D eigenvalue weighted by Crippen LogP contribution is -2.36. The van der Waals surface area contributed by atoms with E-state index in [0.717, 1.165) is 0 Å². The molecular weight excluding hydrogens is 240 g/mol. The van der Waals surface area contributed by atoms with Crippen molar-refractivity contribution in [1.29, 1.82) is 0 Å². The van der Waals surface area contributed by atoms with E-state index in [4.69, 9.17) is 0 Å². The molecule has 1 rings (SSSR count). The Morgan fingerprint density at radius 2 is 2.28 bits per heavy atom. The van der Waals surface area contributed by atoms with Gasteiger partial charge in [0.05, 0.1) is 12.0 Å². The predicted octanol–water partition coefficient (Wildman–Crippen LogP) is 0.604. The van der Waals surface area contributed by atoms with Crippen molar-refractivity contribution in [2.45, 2.75) is 12.5 Å². The summed E-state index contributed by atoms with van der Waals surface area (Å²) in [5, 5.41) is 22.7. The first kappa shape index (κ1) is 13.9. The lowest BCUT2D eigenvalue weighted by atomic mass is 10.1. The molecule has 0 aliphatic heterocycles. The predicted molar refractivity (Wildman–Crippen MR) is 63.3 cm³/mol. The molecule has 1 aromatic carbocycles. The normalized spacial score (nSPS) is 11.9. The molecule has 0 aliphatic rings. The lowest BCUT2D eigenvalue weighted by molar-refractivity contribution is -0.385. The fourth-order valence-electron chi connectivity index (χ4n) is 1.52. The number of esters is 1. The number of nitrogens with zero attached hydrogens (tertiary/aromatic N) is 1.